The molecule has 0 radical (unpaired) electrons. The molecule has 0 unspecified atom stereocenters. The number of methoxy groups -OCH3 is 1. The zero-order chi connectivity index (χ0) is 33.8. The van der Waals surface area contributed by atoms with Gasteiger partial charge < -0.3 is 14.2 Å². The number of non-ortho nitro benzene ring substituents is 1. The van der Waals surface area contributed by atoms with E-state index in [9.17, 15) is 19.7 Å². The van der Waals surface area contributed by atoms with E-state index in [4.69, 9.17) is 19.2 Å². The molecule has 0 saturated carbocycles. The van der Waals surface area contributed by atoms with Crippen molar-refractivity contribution in [3.05, 3.63) is 159 Å². The van der Waals surface area contributed by atoms with E-state index in [1.807, 2.05) is 54.6 Å². The summed E-state index contributed by atoms with van der Waals surface area (Å²) in [6, 6.07) is 27.3. The summed E-state index contributed by atoms with van der Waals surface area (Å²) < 4.78 is 19.8. The molecule has 242 valence electrons. The molecule has 0 amide bonds. The molecule has 1 aromatic heterocycles. The number of nitro benzene ring substituents is 1. The summed E-state index contributed by atoms with van der Waals surface area (Å²) in [7, 11) is 1.56. The van der Waals surface area contributed by atoms with Crippen LogP contribution in [-0.2, 0) is 16.1 Å². The molecule has 0 spiro atoms. The van der Waals surface area contributed by atoms with Crippen LogP contribution in [0.3, 0.4) is 0 Å². The van der Waals surface area contributed by atoms with Crippen LogP contribution in [0, 0.1) is 10.1 Å². The smallest absolute Gasteiger partial charge is 0.338 e. The fourth-order valence-electron chi connectivity index (χ4n) is 5.35. The highest BCUT2D eigenvalue weighted by atomic mass is 79.9. The van der Waals surface area contributed by atoms with Crippen LogP contribution in [0.1, 0.15) is 35.2 Å². The van der Waals surface area contributed by atoms with Crippen molar-refractivity contribution >= 4 is 50.7 Å². The van der Waals surface area contributed by atoms with Gasteiger partial charge in [-0.1, -0.05) is 69.7 Å². The number of benzene rings is 4. The molecular formula is C36H28BrN3O7S. The Morgan fingerprint density at radius 2 is 1.81 bits per heavy atom. The second-order valence-corrected chi connectivity index (χ2v) is 12.5. The van der Waals surface area contributed by atoms with Crippen LogP contribution in [-0.4, -0.2) is 29.2 Å². The normalized spacial score (nSPS) is 14.2. The molecule has 5 aromatic rings. The Labute approximate surface area is 287 Å². The van der Waals surface area contributed by atoms with E-state index in [1.165, 1.54) is 28.0 Å². The number of ether oxygens (including phenoxy) is 3. The second-order valence-electron chi connectivity index (χ2n) is 10.6. The van der Waals surface area contributed by atoms with Gasteiger partial charge in [-0.15, -0.1) is 0 Å². The summed E-state index contributed by atoms with van der Waals surface area (Å²) in [5.41, 5.74) is 3.04. The molecule has 0 saturated heterocycles. The quantitative estimate of drug-likeness (QED) is 0.0956. The fourth-order valence-corrected chi connectivity index (χ4v) is 6.72. The van der Waals surface area contributed by atoms with E-state index >= 15 is 0 Å². The van der Waals surface area contributed by atoms with Crippen molar-refractivity contribution in [2.45, 2.75) is 19.6 Å². The highest BCUT2D eigenvalue weighted by Crippen LogP contribution is 2.36. The second kappa shape index (κ2) is 14.2. The average molecular weight is 727 g/mol. The predicted octanol–water partition coefficient (Wildman–Crippen LogP) is 6.19. The number of esters is 1. The van der Waals surface area contributed by atoms with E-state index in [0.29, 0.717) is 43.2 Å². The van der Waals surface area contributed by atoms with E-state index in [0.717, 1.165) is 10.0 Å². The van der Waals surface area contributed by atoms with Gasteiger partial charge in [-0.2, -0.15) is 0 Å². The first-order valence-electron chi connectivity index (χ1n) is 14.9. The van der Waals surface area contributed by atoms with Gasteiger partial charge in [0, 0.05) is 27.7 Å². The summed E-state index contributed by atoms with van der Waals surface area (Å²) in [5, 5.41) is 11.0. The number of aromatic nitrogens is 1. The molecule has 0 N–H and O–H groups in total. The predicted molar refractivity (Wildman–Crippen MR) is 186 cm³/mol. The molecule has 1 atom stereocenters. The lowest BCUT2D eigenvalue weighted by molar-refractivity contribution is -0.384. The Balaban J connectivity index is 1.51. The monoisotopic (exact) mass is 725 g/mol. The van der Waals surface area contributed by atoms with E-state index in [1.54, 1.807) is 50.4 Å². The van der Waals surface area contributed by atoms with Crippen LogP contribution in [0.5, 0.6) is 11.5 Å². The molecule has 10 nitrogen and oxygen atoms in total. The zero-order valence-electron chi connectivity index (χ0n) is 25.8. The van der Waals surface area contributed by atoms with Crippen molar-refractivity contribution in [2.75, 3.05) is 13.7 Å². The van der Waals surface area contributed by atoms with Crippen LogP contribution < -0.4 is 24.4 Å². The van der Waals surface area contributed by atoms with Crippen molar-refractivity contribution in [1.29, 1.82) is 0 Å². The summed E-state index contributed by atoms with van der Waals surface area (Å²) in [4.78, 5) is 44.0. The SMILES string of the molecule is CCOC(=O)C1=C(c2ccccc2)N=c2s/c(=C\c3cc(Br)ccc3OCc3ccc([N+](=O)[O-])cc3)c(=O)n2[C@H]1c1cccc(OC)c1. The number of carbonyl (C=O) groups is 1. The van der Waals surface area contributed by atoms with Crippen molar-refractivity contribution in [1.82, 2.24) is 4.57 Å². The van der Waals surface area contributed by atoms with Crippen LogP contribution in [0.2, 0.25) is 0 Å². The van der Waals surface area contributed by atoms with Gasteiger partial charge in [0.05, 0.1) is 40.5 Å². The molecule has 2 heterocycles. The molecule has 48 heavy (non-hydrogen) atoms. The average Bonchev–Trinajstić information content (AvgIpc) is 3.41. The van der Waals surface area contributed by atoms with Gasteiger partial charge in [-0.3, -0.25) is 19.5 Å². The Bertz CT molecular complexity index is 2230. The van der Waals surface area contributed by atoms with Gasteiger partial charge >= 0.3 is 5.97 Å². The van der Waals surface area contributed by atoms with Crippen LogP contribution in [0.25, 0.3) is 11.8 Å². The minimum Gasteiger partial charge on any atom is -0.497 e. The largest absolute Gasteiger partial charge is 0.497 e. The number of nitrogens with zero attached hydrogens (tertiary/aromatic N) is 3. The number of hydrogen-bond donors (Lipinski definition) is 0. The highest BCUT2D eigenvalue weighted by molar-refractivity contribution is 9.10. The number of fused-ring (bicyclic) bond motifs is 1. The summed E-state index contributed by atoms with van der Waals surface area (Å²) in [6.45, 7) is 2.03. The fraction of sp³-hybridized carbons (Fsp3) is 0.139. The van der Waals surface area contributed by atoms with Crippen LogP contribution >= 0.6 is 27.3 Å². The summed E-state index contributed by atoms with van der Waals surface area (Å²) >= 11 is 4.72. The molecule has 0 bridgehead atoms. The van der Waals surface area contributed by atoms with Crippen LogP contribution in [0.15, 0.2) is 117 Å². The van der Waals surface area contributed by atoms with Gasteiger partial charge in [0.15, 0.2) is 4.80 Å². The molecule has 6 rings (SSSR count). The minimum atomic E-state index is -0.854. The lowest BCUT2D eigenvalue weighted by atomic mass is 9.93. The van der Waals surface area contributed by atoms with Gasteiger partial charge in [0.1, 0.15) is 18.1 Å². The maximum Gasteiger partial charge on any atom is 0.338 e. The Hall–Kier alpha value is -5.33. The van der Waals surface area contributed by atoms with E-state index in [-0.39, 0.29) is 30.0 Å². The standard InChI is InChI=1S/C36H28BrN3O7S/c1-3-46-35(42)31-32(23-8-5-4-6-9-23)38-36-39(33(31)24-10-7-11-28(19-24)45-2)34(41)30(48-36)20-25-18-26(37)14-17-29(25)47-21-22-12-15-27(16-13-22)40(43)44/h4-20,33H,3,21H2,1-2H3/b30-20-/t33-/m0/s1. The van der Waals surface area contributed by atoms with E-state index < -0.39 is 16.9 Å². The van der Waals surface area contributed by atoms with Crippen molar-refractivity contribution in [3.63, 3.8) is 0 Å². The Morgan fingerprint density at radius 3 is 2.52 bits per heavy atom. The topological polar surface area (TPSA) is 122 Å². The maximum atomic E-state index is 14.4. The Kier molecular flexibility index (Phi) is 9.65. The first kappa shape index (κ1) is 32.6. The number of nitro groups is 1. The van der Waals surface area contributed by atoms with Crippen molar-refractivity contribution < 1.29 is 23.9 Å². The molecule has 1 aliphatic rings. The molecular weight excluding hydrogens is 698 g/mol. The third-order valence-corrected chi connectivity index (χ3v) is 9.06. The lowest BCUT2D eigenvalue weighted by Gasteiger charge is -2.26. The number of rotatable bonds is 10. The van der Waals surface area contributed by atoms with Crippen molar-refractivity contribution in [3.8, 4) is 11.5 Å². The van der Waals surface area contributed by atoms with Crippen molar-refractivity contribution in [2.24, 2.45) is 4.99 Å². The Morgan fingerprint density at radius 1 is 1.04 bits per heavy atom. The number of hydrogen-bond acceptors (Lipinski definition) is 9. The molecule has 4 aromatic carbocycles. The van der Waals surface area contributed by atoms with E-state index in [2.05, 4.69) is 15.9 Å². The highest BCUT2D eigenvalue weighted by Gasteiger charge is 2.35. The molecule has 0 aliphatic carbocycles. The molecule has 1 aliphatic heterocycles. The lowest BCUT2D eigenvalue weighted by Crippen LogP contribution is -2.40. The zero-order valence-corrected chi connectivity index (χ0v) is 28.2. The number of halogens is 1. The summed E-state index contributed by atoms with van der Waals surface area (Å²) in [5.74, 6) is 0.500. The van der Waals surface area contributed by atoms with Gasteiger partial charge in [-0.25, -0.2) is 9.79 Å². The third-order valence-electron chi connectivity index (χ3n) is 7.58. The van der Waals surface area contributed by atoms with Gasteiger partial charge in [0.2, 0.25) is 0 Å². The number of carbonyl (C=O) groups excluding carboxylic acids is 1. The first-order chi connectivity index (χ1) is 23.3. The van der Waals surface area contributed by atoms with Crippen LogP contribution in [0.4, 0.5) is 5.69 Å². The number of thiazole rings is 1. The summed E-state index contributed by atoms with van der Waals surface area (Å²) in [6.07, 6.45) is 1.73. The molecule has 0 fully saturated rings. The van der Waals surface area contributed by atoms with Gasteiger partial charge in [-0.05, 0) is 66.6 Å². The van der Waals surface area contributed by atoms with Gasteiger partial charge in [0.25, 0.3) is 11.2 Å². The maximum absolute atomic E-state index is 14.4. The minimum absolute atomic E-state index is 0.00718. The first-order valence-corrected chi connectivity index (χ1v) is 16.5. The molecule has 12 heteroatoms. The third kappa shape index (κ3) is 6.71.